The van der Waals surface area contributed by atoms with Crippen LogP contribution in [0.5, 0.6) is 5.75 Å². The molecule has 94 valence electrons. The lowest BCUT2D eigenvalue weighted by molar-refractivity contribution is 0.414. The van der Waals surface area contributed by atoms with Crippen molar-refractivity contribution in [3.63, 3.8) is 0 Å². The molecule has 1 aromatic carbocycles. The van der Waals surface area contributed by atoms with Crippen LogP contribution < -0.4 is 10.5 Å². The number of aromatic amines is 1. The van der Waals surface area contributed by atoms with E-state index in [1.54, 1.807) is 13.3 Å². The molecule has 5 nitrogen and oxygen atoms in total. The van der Waals surface area contributed by atoms with Crippen molar-refractivity contribution >= 4 is 11.5 Å². The van der Waals surface area contributed by atoms with Gasteiger partial charge in [0.2, 0.25) is 0 Å². The Balaban J connectivity index is 2.08. The van der Waals surface area contributed by atoms with Gasteiger partial charge in [-0.05, 0) is 24.6 Å². The number of aliphatic imine (C=N–C) groups is 1. The normalized spacial score (nSPS) is 11.6. The van der Waals surface area contributed by atoms with Gasteiger partial charge in [-0.1, -0.05) is 12.1 Å². The molecule has 0 aliphatic rings. The summed E-state index contributed by atoms with van der Waals surface area (Å²) in [5.41, 5.74) is 8.58. The highest BCUT2D eigenvalue weighted by molar-refractivity contribution is 6.02. The Morgan fingerprint density at radius 1 is 1.39 bits per heavy atom. The number of rotatable bonds is 4. The van der Waals surface area contributed by atoms with Gasteiger partial charge in [-0.25, -0.2) is 0 Å². The van der Waals surface area contributed by atoms with Crippen LogP contribution in [0.15, 0.2) is 35.5 Å². The number of nitrogens with two attached hydrogens (primary N) is 1. The highest BCUT2D eigenvalue weighted by Crippen LogP contribution is 2.13. The van der Waals surface area contributed by atoms with Gasteiger partial charge in [-0.2, -0.15) is 5.10 Å². The van der Waals surface area contributed by atoms with Crippen LogP contribution in [0.3, 0.4) is 0 Å². The maximum Gasteiger partial charge on any atom is 0.127 e. The predicted molar refractivity (Wildman–Crippen MR) is 71.9 cm³/mol. The lowest BCUT2D eigenvalue weighted by Gasteiger charge is -2.02. The number of anilines is 1. The van der Waals surface area contributed by atoms with Gasteiger partial charge in [0.15, 0.2) is 0 Å². The summed E-state index contributed by atoms with van der Waals surface area (Å²) in [4.78, 5) is 4.49. The van der Waals surface area contributed by atoms with Gasteiger partial charge in [-0.3, -0.25) is 10.1 Å². The zero-order chi connectivity index (χ0) is 13.0. The van der Waals surface area contributed by atoms with E-state index in [0.29, 0.717) is 12.4 Å². The molecule has 0 fully saturated rings. The number of hydrogen-bond donors (Lipinski definition) is 2. The van der Waals surface area contributed by atoms with Crippen molar-refractivity contribution in [2.24, 2.45) is 4.99 Å². The third-order valence-electron chi connectivity index (χ3n) is 2.72. The second kappa shape index (κ2) is 5.35. The number of aromatic nitrogens is 2. The molecule has 0 spiro atoms. The SMILES string of the molecule is COc1ccc(CN=C(C)c2cn[nH]c2N)cc1. The molecule has 0 aliphatic carbocycles. The van der Waals surface area contributed by atoms with Crippen LogP contribution in [0.1, 0.15) is 18.1 Å². The second-order valence-electron chi connectivity index (χ2n) is 3.95. The molecule has 3 N–H and O–H groups in total. The van der Waals surface area contributed by atoms with E-state index < -0.39 is 0 Å². The minimum absolute atomic E-state index is 0.547. The molecule has 0 unspecified atom stereocenters. The van der Waals surface area contributed by atoms with Gasteiger partial charge in [-0.15, -0.1) is 0 Å². The standard InChI is InChI=1S/C13H16N4O/c1-9(12-8-16-17-13(12)14)15-7-10-3-5-11(18-2)6-4-10/h3-6,8H,7H2,1-2H3,(H3,14,16,17). The fraction of sp³-hybridized carbons (Fsp3) is 0.231. The zero-order valence-electron chi connectivity index (χ0n) is 10.5. The monoisotopic (exact) mass is 244 g/mol. The molecule has 1 heterocycles. The largest absolute Gasteiger partial charge is 0.497 e. The Hall–Kier alpha value is -2.30. The average molecular weight is 244 g/mol. The van der Waals surface area contributed by atoms with E-state index in [2.05, 4.69) is 15.2 Å². The smallest absolute Gasteiger partial charge is 0.127 e. The highest BCUT2D eigenvalue weighted by atomic mass is 16.5. The molecular weight excluding hydrogens is 228 g/mol. The summed E-state index contributed by atoms with van der Waals surface area (Å²) >= 11 is 0. The number of hydrogen-bond acceptors (Lipinski definition) is 4. The highest BCUT2D eigenvalue weighted by Gasteiger charge is 2.04. The van der Waals surface area contributed by atoms with Crippen molar-refractivity contribution in [3.05, 3.63) is 41.6 Å². The van der Waals surface area contributed by atoms with Crippen molar-refractivity contribution in [2.75, 3.05) is 12.8 Å². The number of ether oxygens (including phenoxy) is 1. The maximum atomic E-state index is 5.73. The third kappa shape index (κ3) is 2.68. The van der Waals surface area contributed by atoms with E-state index in [9.17, 15) is 0 Å². The first-order valence-electron chi connectivity index (χ1n) is 5.64. The van der Waals surface area contributed by atoms with Gasteiger partial charge >= 0.3 is 0 Å². The van der Waals surface area contributed by atoms with Crippen molar-refractivity contribution in [1.82, 2.24) is 10.2 Å². The Morgan fingerprint density at radius 2 is 2.11 bits per heavy atom. The molecule has 5 heteroatoms. The van der Waals surface area contributed by atoms with E-state index in [0.717, 1.165) is 22.6 Å². The van der Waals surface area contributed by atoms with Crippen LogP contribution in [0.25, 0.3) is 0 Å². The van der Waals surface area contributed by atoms with Crippen LogP contribution in [-0.2, 0) is 6.54 Å². The number of methoxy groups -OCH3 is 1. The molecule has 2 rings (SSSR count). The molecule has 0 atom stereocenters. The minimum Gasteiger partial charge on any atom is -0.497 e. The molecular formula is C13H16N4O. The molecule has 18 heavy (non-hydrogen) atoms. The second-order valence-corrected chi connectivity index (χ2v) is 3.95. The van der Waals surface area contributed by atoms with E-state index in [1.807, 2.05) is 31.2 Å². The fourth-order valence-corrected chi connectivity index (χ4v) is 1.61. The summed E-state index contributed by atoms with van der Waals surface area (Å²) in [7, 11) is 1.65. The number of benzene rings is 1. The van der Waals surface area contributed by atoms with Crippen LogP contribution in [0.2, 0.25) is 0 Å². The van der Waals surface area contributed by atoms with Gasteiger partial charge in [0.05, 0.1) is 25.4 Å². The Bertz CT molecular complexity index is 542. The first kappa shape index (κ1) is 12.2. The maximum absolute atomic E-state index is 5.73. The zero-order valence-corrected chi connectivity index (χ0v) is 10.5. The third-order valence-corrected chi connectivity index (χ3v) is 2.72. The molecule has 2 aromatic rings. The van der Waals surface area contributed by atoms with Gasteiger partial charge < -0.3 is 10.5 Å². The summed E-state index contributed by atoms with van der Waals surface area (Å²) in [6.07, 6.45) is 1.68. The van der Waals surface area contributed by atoms with Crippen LogP contribution in [-0.4, -0.2) is 23.0 Å². The first-order valence-corrected chi connectivity index (χ1v) is 5.64. The Labute approximate surface area is 106 Å². The summed E-state index contributed by atoms with van der Waals surface area (Å²) in [6, 6.07) is 7.83. The first-order chi connectivity index (χ1) is 8.70. The summed E-state index contributed by atoms with van der Waals surface area (Å²) in [5.74, 6) is 1.39. The van der Waals surface area contributed by atoms with Crippen molar-refractivity contribution in [2.45, 2.75) is 13.5 Å². The lowest BCUT2D eigenvalue weighted by Crippen LogP contribution is -1.99. The Kier molecular flexibility index (Phi) is 3.62. The van der Waals surface area contributed by atoms with E-state index in [-0.39, 0.29) is 0 Å². The van der Waals surface area contributed by atoms with Crippen LogP contribution in [0, 0.1) is 0 Å². The number of nitrogens with zero attached hydrogens (tertiary/aromatic N) is 2. The molecule has 1 aromatic heterocycles. The van der Waals surface area contributed by atoms with Crippen molar-refractivity contribution in [3.8, 4) is 5.75 Å². The van der Waals surface area contributed by atoms with E-state index in [4.69, 9.17) is 10.5 Å². The van der Waals surface area contributed by atoms with E-state index in [1.165, 1.54) is 0 Å². The topological polar surface area (TPSA) is 76.3 Å². The van der Waals surface area contributed by atoms with Crippen molar-refractivity contribution in [1.29, 1.82) is 0 Å². The van der Waals surface area contributed by atoms with E-state index >= 15 is 0 Å². The molecule has 0 amide bonds. The number of H-pyrrole nitrogens is 1. The summed E-state index contributed by atoms with van der Waals surface area (Å²) in [6.45, 7) is 2.53. The lowest BCUT2D eigenvalue weighted by atomic mass is 10.2. The van der Waals surface area contributed by atoms with Gasteiger partial charge in [0.25, 0.3) is 0 Å². The van der Waals surface area contributed by atoms with Gasteiger partial charge in [0.1, 0.15) is 11.6 Å². The van der Waals surface area contributed by atoms with Crippen LogP contribution in [0.4, 0.5) is 5.82 Å². The number of nitrogen functional groups attached to an aromatic ring is 1. The minimum atomic E-state index is 0.547. The molecule has 0 bridgehead atoms. The fourth-order valence-electron chi connectivity index (χ4n) is 1.61. The van der Waals surface area contributed by atoms with Crippen LogP contribution >= 0.6 is 0 Å². The average Bonchev–Trinajstić information content (AvgIpc) is 2.83. The predicted octanol–water partition coefficient (Wildman–Crippen LogP) is 2.01. The van der Waals surface area contributed by atoms with Gasteiger partial charge in [0, 0.05) is 5.71 Å². The number of nitrogens with one attached hydrogen (secondary N) is 1. The van der Waals surface area contributed by atoms with Crippen molar-refractivity contribution < 1.29 is 4.74 Å². The summed E-state index contributed by atoms with van der Waals surface area (Å²) < 4.78 is 5.10. The molecule has 0 aliphatic heterocycles. The summed E-state index contributed by atoms with van der Waals surface area (Å²) in [5, 5.41) is 6.57. The quantitative estimate of drug-likeness (QED) is 0.808. The molecule has 0 saturated carbocycles. The Morgan fingerprint density at radius 3 is 2.67 bits per heavy atom. The molecule has 0 saturated heterocycles. The molecule has 0 radical (unpaired) electrons.